The van der Waals surface area contributed by atoms with Gasteiger partial charge in [0, 0.05) is 28.8 Å². The first-order valence-corrected chi connectivity index (χ1v) is 7.44. The summed E-state index contributed by atoms with van der Waals surface area (Å²) in [6.07, 6.45) is 0.925. The van der Waals surface area contributed by atoms with E-state index in [1.54, 1.807) is 12.1 Å². The number of anilines is 1. The summed E-state index contributed by atoms with van der Waals surface area (Å²) < 4.78 is 0. The molecular formula is C18H20N2O2. The van der Waals surface area contributed by atoms with Gasteiger partial charge in [-0.15, -0.1) is 0 Å². The predicted molar refractivity (Wildman–Crippen MR) is 88.3 cm³/mol. The molecule has 1 N–H and O–H groups in total. The average molecular weight is 296 g/mol. The summed E-state index contributed by atoms with van der Waals surface area (Å²) in [6, 6.07) is 15.3. The third-order valence-electron chi connectivity index (χ3n) is 4.51. The molecule has 0 saturated carbocycles. The number of fused-ring (bicyclic) bond motifs is 1. The molecule has 4 nitrogen and oxygen atoms in total. The lowest BCUT2D eigenvalue weighted by Crippen LogP contribution is -2.45. The van der Waals surface area contributed by atoms with Crippen molar-refractivity contribution in [3.05, 3.63) is 69.8 Å². The lowest BCUT2D eigenvalue weighted by molar-refractivity contribution is -0.384. The Labute approximate surface area is 130 Å². The van der Waals surface area contributed by atoms with Gasteiger partial charge in [-0.1, -0.05) is 37.3 Å². The van der Waals surface area contributed by atoms with Crippen LogP contribution in [0.2, 0.25) is 0 Å². The molecule has 1 heterocycles. The lowest BCUT2D eigenvalue weighted by Gasteiger charge is -2.45. The molecule has 3 rings (SSSR count). The van der Waals surface area contributed by atoms with Gasteiger partial charge >= 0.3 is 0 Å². The standard InChI is InChI=1S/C18H20N2O2/c1-17(2)12-18(3,15-6-4-5-7-16(15)19-17)13-8-10-14(11-9-13)20(21)22/h4-11,19H,12H2,1-3H3. The number of nitrogens with one attached hydrogen (secondary N) is 1. The first kappa shape index (κ1) is 14.6. The van der Waals surface area contributed by atoms with Crippen LogP contribution in [0, 0.1) is 10.1 Å². The fourth-order valence-electron chi connectivity index (χ4n) is 3.67. The Balaban J connectivity index is 2.13. The monoisotopic (exact) mass is 296 g/mol. The van der Waals surface area contributed by atoms with Crippen LogP contribution in [0.1, 0.15) is 38.3 Å². The summed E-state index contributed by atoms with van der Waals surface area (Å²) in [5, 5.41) is 14.4. The maximum absolute atomic E-state index is 10.9. The molecule has 1 aliphatic rings. The van der Waals surface area contributed by atoms with Gasteiger partial charge in [0.25, 0.3) is 5.69 Å². The molecule has 4 heteroatoms. The van der Waals surface area contributed by atoms with Crippen molar-refractivity contribution in [3.8, 4) is 0 Å². The summed E-state index contributed by atoms with van der Waals surface area (Å²) in [5.41, 5.74) is 3.42. The molecule has 22 heavy (non-hydrogen) atoms. The van der Waals surface area contributed by atoms with E-state index in [0.29, 0.717) is 0 Å². The molecule has 0 aliphatic carbocycles. The third-order valence-corrected chi connectivity index (χ3v) is 4.51. The number of non-ortho nitro benzene ring substituents is 1. The Bertz CT molecular complexity index is 722. The Morgan fingerprint density at radius 2 is 1.68 bits per heavy atom. The lowest BCUT2D eigenvalue weighted by atomic mass is 9.66. The second kappa shape index (κ2) is 4.83. The van der Waals surface area contributed by atoms with Crippen molar-refractivity contribution in [2.45, 2.75) is 38.1 Å². The van der Waals surface area contributed by atoms with Gasteiger partial charge in [-0.05, 0) is 37.5 Å². The number of hydrogen-bond acceptors (Lipinski definition) is 3. The maximum atomic E-state index is 10.9. The topological polar surface area (TPSA) is 55.2 Å². The quantitative estimate of drug-likeness (QED) is 0.656. The third kappa shape index (κ3) is 2.34. The van der Waals surface area contributed by atoms with Crippen LogP contribution in [0.3, 0.4) is 0 Å². The van der Waals surface area contributed by atoms with E-state index < -0.39 is 0 Å². The molecule has 0 spiro atoms. The number of nitro groups is 1. The second-order valence-corrected chi connectivity index (χ2v) is 6.87. The molecule has 1 atom stereocenters. The molecule has 0 fully saturated rings. The van der Waals surface area contributed by atoms with Crippen LogP contribution in [-0.4, -0.2) is 10.5 Å². The highest BCUT2D eigenvalue weighted by molar-refractivity contribution is 5.62. The van der Waals surface area contributed by atoms with E-state index in [-0.39, 0.29) is 21.6 Å². The minimum absolute atomic E-state index is 0.0368. The van der Waals surface area contributed by atoms with Crippen LogP contribution in [0.15, 0.2) is 48.5 Å². The van der Waals surface area contributed by atoms with E-state index in [2.05, 4.69) is 38.2 Å². The van der Waals surface area contributed by atoms with Crippen molar-refractivity contribution in [2.75, 3.05) is 5.32 Å². The average Bonchev–Trinajstić information content (AvgIpc) is 2.46. The molecular weight excluding hydrogens is 276 g/mol. The van der Waals surface area contributed by atoms with Gasteiger partial charge in [0.1, 0.15) is 0 Å². The van der Waals surface area contributed by atoms with Crippen molar-refractivity contribution in [2.24, 2.45) is 0 Å². The molecule has 2 aromatic carbocycles. The number of para-hydroxylation sites is 1. The van der Waals surface area contributed by atoms with Crippen molar-refractivity contribution >= 4 is 11.4 Å². The van der Waals surface area contributed by atoms with Crippen LogP contribution in [0.4, 0.5) is 11.4 Å². The molecule has 0 radical (unpaired) electrons. The Kier molecular flexibility index (Phi) is 3.20. The van der Waals surface area contributed by atoms with Gasteiger partial charge in [-0.3, -0.25) is 10.1 Å². The van der Waals surface area contributed by atoms with Gasteiger partial charge in [0.15, 0.2) is 0 Å². The fraction of sp³-hybridized carbons (Fsp3) is 0.333. The van der Waals surface area contributed by atoms with Gasteiger partial charge in [0.2, 0.25) is 0 Å². The largest absolute Gasteiger partial charge is 0.380 e. The number of nitro benzene ring substituents is 1. The van der Waals surface area contributed by atoms with Gasteiger partial charge in [0.05, 0.1) is 4.92 Å². The van der Waals surface area contributed by atoms with E-state index in [4.69, 9.17) is 0 Å². The maximum Gasteiger partial charge on any atom is 0.269 e. The zero-order chi connectivity index (χ0) is 16.0. The van der Waals surface area contributed by atoms with Crippen molar-refractivity contribution in [1.82, 2.24) is 0 Å². The molecule has 1 aliphatic heterocycles. The van der Waals surface area contributed by atoms with Gasteiger partial charge < -0.3 is 5.32 Å². The Morgan fingerprint density at radius 3 is 2.32 bits per heavy atom. The zero-order valence-corrected chi connectivity index (χ0v) is 13.1. The Morgan fingerprint density at radius 1 is 1.05 bits per heavy atom. The second-order valence-electron chi connectivity index (χ2n) is 6.87. The number of nitrogens with zero attached hydrogens (tertiary/aromatic N) is 1. The van der Waals surface area contributed by atoms with Crippen molar-refractivity contribution < 1.29 is 4.92 Å². The summed E-state index contributed by atoms with van der Waals surface area (Å²) in [4.78, 5) is 10.5. The first-order chi connectivity index (χ1) is 10.3. The Hall–Kier alpha value is -2.36. The summed E-state index contributed by atoms with van der Waals surface area (Å²) >= 11 is 0. The normalized spacial score (nSPS) is 22.5. The molecule has 0 aromatic heterocycles. The molecule has 0 amide bonds. The van der Waals surface area contributed by atoms with E-state index in [9.17, 15) is 10.1 Å². The highest BCUT2D eigenvalue weighted by Gasteiger charge is 2.41. The van der Waals surface area contributed by atoms with Crippen LogP contribution in [-0.2, 0) is 5.41 Å². The van der Waals surface area contributed by atoms with E-state index in [1.807, 2.05) is 24.3 Å². The molecule has 1 unspecified atom stereocenters. The minimum atomic E-state index is -0.355. The minimum Gasteiger partial charge on any atom is -0.380 e. The predicted octanol–water partition coefficient (Wildman–Crippen LogP) is 4.50. The van der Waals surface area contributed by atoms with Crippen molar-refractivity contribution in [3.63, 3.8) is 0 Å². The van der Waals surface area contributed by atoms with Gasteiger partial charge in [-0.25, -0.2) is 0 Å². The van der Waals surface area contributed by atoms with E-state index in [0.717, 1.165) is 17.7 Å². The SMILES string of the molecule is CC1(C)CC(C)(c2ccc([N+](=O)[O-])cc2)c2ccccc2N1. The van der Waals surface area contributed by atoms with Crippen LogP contribution < -0.4 is 5.32 Å². The molecule has 114 valence electrons. The summed E-state index contributed by atoms with van der Waals surface area (Å²) in [7, 11) is 0. The highest BCUT2D eigenvalue weighted by Crippen LogP contribution is 2.47. The summed E-state index contributed by atoms with van der Waals surface area (Å²) in [5.74, 6) is 0. The van der Waals surface area contributed by atoms with Crippen molar-refractivity contribution in [1.29, 1.82) is 0 Å². The van der Waals surface area contributed by atoms with Gasteiger partial charge in [-0.2, -0.15) is 0 Å². The summed E-state index contributed by atoms with van der Waals surface area (Å²) in [6.45, 7) is 6.59. The van der Waals surface area contributed by atoms with E-state index >= 15 is 0 Å². The fourth-order valence-corrected chi connectivity index (χ4v) is 3.67. The number of rotatable bonds is 2. The first-order valence-electron chi connectivity index (χ1n) is 7.44. The van der Waals surface area contributed by atoms with Crippen LogP contribution in [0.5, 0.6) is 0 Å². The van der Waals surface area contributed by atoms with E-state index in [1.165, 1.54) is 5.56 Å². The molecule has 0 saturated heterocycles. The smallest absolute Gasteiger partial charge is 0.269 e. The highest BCUT2D eigenvalue weighted by atomic mass is 16.6. The molecule has 2 aromatic rings. The van der Waals surface area contributed by atoms with Crippen LogP contribution in [0.25, 0.3) is 0 Å². The van der Waals surface area contributed by atoms with Crippen LogP contribution >= 0.6 is 0 Å². The number of benzene rings is 2. The zero-order valence-electron chi connectivity index (χ0n) is 13.1. The number of hydrogen-bond donors (Lipinski definition) is 1. The molecule has 0 bridgehead atoms.